The van der Waals surface area contributed by atoms with E-state index in [1.807, 2.05) is 42.5 Å². The van der Waals surface area contributed by atoms with Crippen LogP contribution in [0.1, 0.15) is 40.1 Å². The van der Waals surface area contributed by atoms with E-state index in [-0.39, 0.29) is 64.7 Å². The number of fused-ring (bicyclic) bond motifs is 9. The number of hydrogen-bond acceptors (Lipinski definition) is 9. The van der Waals surface area contributed by atoms with Gasteiger partial charge >= 0.3 is 10.8 Å². The topological polar surface area (TPSA) is 135 Å². The van der Waals surface area contributed by atoms with Crippen molar-refractivity contribution in [3.8, 4) is 5.75 Å². The number of nitrogens with one attached hydrogen (secondary N) is 2. The molecule has 48 heavy (non-hydrogen) atoms. The maximum absolute atomic E-state index is 14.1. The third-order valence-corrected chi connectivity index (χ3v) is 12.6. The van der Waals surface area contributed by atoms with Crippen LogP contribution in [-0.2, 0) is 19.1 Å². The van der Waals surface area contributed by atoms with Gasteiger partial charge in [0.25, 0.3) is 5.91 Å². The van der Waals surface area contributed by atoms with Crippen molar-refractivity contribution in [3.05, 3.63) is 105 Å². The Hall–Kier alpha value is -4.68. The summed E-state index contributed by atoms with van der Waals surface area (Å²) in [5.74, 6) is -1.58. The van der Waals surface area contributed by atoms with Gasteiger partial charge in [-0.25, -0.2) is 4.79 Å². The Balaban J connectivity index is 1.04. The van der Waals surface area contributed by atoms with Crippen molar-refractivity contribution in [2.24, 2.45) is 29.6 Å². The Morgan fingerprint density at radius 3 is 2.33 bits per heavy atom. The summed E-state index contributed by atoms with van der Waals surface area (Å²) in [7, 11) is 0. The quantitative estimate of drug-likeness (QED) is 0.189. The van der Waals surface area contributed by atoms with Gasteiger partial charge < -0.3 is 19.8 Å². The SMILES string of the molecule is CCOC(=O)c1ccc(N2C(=O)C3C4CC(C3C2=O)C2C4Sc3[nH]c(=O)sc3[C@@H]2c2ccc(OCC(=O)Nc3ccccc3)cc2)cc1. The number of hydrogen-bond donors (Lipinski definition) is 2. The molecule has 2 bridgehead atoms. The summed E-state index contributed by atoms with van der Waals surface area (Å²) in [6.07, 6.45) is 0.776. The van der Waals surface area contributed by atoms with Crippen LogP contribution in [0.3, 0.4) is 0 Å². The Morgan fingerprint density at radius 2 is 1.62 bits per heavy atom. The average molecular weight is 682 g/mol. The summed E-state index contributed by atoms with van der Waals surface area (Å²) in [5, 5.41) is 3.70. The normalized spacial score (nSPS) is 26.5. The molecule has 8 rings (SSSR count). The zero-order chi connectivity index (χ0) is 33.1. The molecule has 3 aromatic carbocycles. The summed E-state index contributed by atoms with van der Waals surface area (Å²) < 4.78 is 10.9. The summed E-state index contributed by atoms with van der Waals surface area (Å²) in [5.41, 5.74) is 2.50. The number of ether oxygens (including phenoxy) is 2. The highest BCUT2D eigenvalue weighted by Gasteiger charge is 2.69. The molecule has 244 valence electrons. The molecule has 6 unspecified atom stereocenters. The predicted molar refractivity (Wildman–Crippen MR) is 180 cm³/mol. The Labute approximate surface area is 283 Å². The summed E-state index contributed by atoms with van der Waals surface area (Å²) in [4.78, 5) is 70.4. The lowest BCUT2D eigenvalue weighted by atomic mass is 9.68. The Morgan fingerprint density at radius 1 is 0.917 bits per heavy atom. The number of imide groups is 1. The molecule has 0 spiro atoms. The van der Waals surface area contributed by atoms with E-state index in [0.717, 1.165) is 21.9 Å². The highest BCUT2D eigenvalue weighted by atomic mass is 32.2. The molecule has 4 aromatic rings. The van der Waals surface area contributed by atoms with Crippen molar-refractivity contribution in [1.29, 1.82) is 0 Å². The number of aromatic nitrogens is 1. The molecule has 3 heterocycles. The zero-order valence-corrected chi connectivity index (χ0v) is 27.4. The number of nitrogens with zero attached hydrogens (tertiary/aromatic N) is 1. The fourth-order valence-corrected chi connectivity index (χ4v) is 11.1. The van der Waals surface area contributed by atoms with E-state index in [1.54, 1.807) is 55.1 Å². The van der Waals surface area contributed by atoms with Gasteiger partial charge in [-0.15, -0.1) is 11.8 Å². The van der Waals surface area contributed by atoms with E-state index in [0.29, 0.717) is 22.7 Å². The lowest BCUT2D eigenvalue weighted by Crippen LogP contribution is -2.42. The second-order valence-corrected chi connectivity index (χ2v) is 14.7. The second kappa shape index (κ2) is 12.1. The van der Waals surface area contributed by atoms with Crippen molar-refractivity contribution in [1.82, 2.24) is 4.98 Å². The Kier molecular flexibility index (Phi) is 7.72. The van der Waals surface area contributed by atoms with Crippen LogP contribution in [0, 0.1) is 29.6 Å². The molecule has 2 aliphatic heterocycles. The molecular weight excluding hydrogens is 651 g/mol. The van der Waals surface area contributed by atoms with E-state index < -0.39 is 17.8 Å². The number of rotatable bonds is 8. The molecule has 0 radical (unpaired) electrons. The number of anilines is 2. The van der Waals surface area contributed by atoms with Crippen LogP contribution in [0.25, 0.3) is 0 Å². The first-order valence-electron chi connectivity index (χ1n) is 15.9. The van der Waals surface area contributed by atoms with Crippen LogP contribution in [0.15, 0.2) is 88.7 Å². The van der Waals surface area contributed by atoms with Crippen molar-refractivity contribution < 1.29 is 28.7 Å². The van der Waals surface area contributed by atoms with Gasteiger partial charge in [0.05, 0.1) is 34.7 Å². The van der Waals surface area contributed by atoms with E-state index in [4.69, 9.17) is 9.47 Å². The lowest BCUT2D eigenvalue weighted by Gasteiger charge is -2.43. The van der Waals surface area contributed by atoms with Crippen LogP contribution >= 0.6 is 23.1 Å². The average Bonchev–Trinajstić information content (AvgIpc) is 3.83. The second-order valence-electron chi connectivity index (χ2n) is 12.5. The highest BCUT2D eigenvalue weighted by Crippen LogP contribution is 2.68. The minimum atomic E-state index is -0.455. The van der Waals surface area contributed by atoms with Gasteiger partial charge in [0.2, 0.25) is 11.8 Å². The molecule has 2 aliphatic carbocycles. The number of carbonyl (C=O) groups excluding carboxylic acids is 4. The summed E-state index contributed by atoms with van der Waals surface area (Å²) in [6, 6.07) is 23.2. The molecule has 10 nitrogen and oxygen atoms in total. The number of amides is 3. The number of aromatic amines is 1. The predicted octanol–water partition coefficient (Wildman–Crippen LogP) is 5.31. The van der Waals surface area contributed by atoms with Gasteiger partial charge in [0.1, 0.15) is 5.75 Å². The standard InChI is InChI=1S/C36H31N3O7S2/c1-2-45-35(43)19-8-12-21(13-9-19)39-33(41)28-23-16-24(29(28)34(39)42)30-27(23)26(31-32(47-30)38-36(44)48-31)18-10-14-22(15-11-18)46-17-25(40)37-20-6-4-3-5-7-20/h3-15,23-24,26-30H,2,16-17H2,1H3,(H,37,40)(H,38,44)/t23?,24?,26-,27?,28?,29?,30?/m1/s1. The molecule has 12 heteroatoms. The molecule has 4 aliphatic rings. The van der Waals surface area contributed by atoms with Crippen LogP contribution < -0.4 is 19.8 Å². The molecule has 2 saturated carbocycles. The molecule has 1 saturated heterocycles. The maximum Gasteiger partial charge on any atom is 0.338 e. The van der Waals surface area contributed by atoms with E-state index in [2.05, 4.69) is 10.3 Å². The van der Waals surface area contributed by atoms with Crippen molar-refractivity contribution in [2.45, 2.75) is 29.5 Å². The largest absolute Gasteiger partial charge is 0.484 e. The van der Waals surface area contributed by atoms with Crippen LogP contribution in [0.2, 0.25) is 0 Å². The van der Waals surface area contributed by atoms with Crippen molar-refractivity contribution in [2.75, 3.05) is 23.4 Å². The van der Waals surface area contributed by atoms with Crippen molar-refractivity contribution in [3.63, 3.8) is 0 Å². The van der Waals surface area contributed by atoms with Crippen LogP contribution in [0.5, 0.6) is 5.75 Å². The summed E-state index contributed by atoms with van der Waals surface area (Å²) in [6.45, 7) is 1.84. The molecule has 3 fully saturated rings. The van der Waals surface area contributed by atoms with E-state index >= 15 is 0 Å². The zero-order valence-electron chi connectivity index (χ0n) is 25.8. The third-order valence-electron chi connectivity index (χ3n) is 10.0. The van der Waals surface area contributed by atoms with E-state index in [9.17, 15) is 24.0 Å². The maximum atomic E-state index is 14.1. The number of thioether (sulfide) groups is 1. The van der Waals surface area contributed by atoms with Crippen LogP contribution in [0.4, 0.5) is 11.4 Å². The molecular formula is C36H31N3O7S2. The molecule has 2 N–H and O–H groups in total. The van der Waals surface area contributed by atoms with Gasteiger partial charge in [-0.1, -0.05) is 41.7 Å². The van der Waals surface area contributed by atoms with Gasteiger partial charge in [0, 0.05) is 21.7 Å². The first-order chi connectivity index (χ1) is 23.3. The van der Waals surface area contributed by atoms with Crippen molar-refractivity contribution >= 4 is 58.2 Å². The number of esters is 1. The first-order valence-corrected chi connectivity index (χ1v) is 17.6. The molecule has 7 atom stereocenters. The number of thiazole rings is 1. The van der Waals surface area contributed by atoms with Gasteiger partial charge in [0.15, 0.2) is 6.61 Å². The van der Waals surface area contributed by atoms with E-state index in [1.165, 1.54) is 16.2 Å². The van der Waals surface area contributed by atoms with Gasteiger partial charge in [-0.3, -0.25) is 24.1 Å². The lowest BCUT2D eigenvalue weighted by molar-refractivity contribution is -0.123. The summed E-state index contributed by atoms with van der Waals surface area (Å²) >= 11 is 2.84. The van der Waals surface area contributed by atoms with Crippen LogP contribution in [-0.4, -0.2) is 47.1 Å². The third kappa shape index (κ3) is 5.05. The number of para-hydroxylation sites is 1. The highest BCUT2D eigenvalue weighted by molar-refractivity contribution is 8.00. The number of H-pyrrole nitrogens is 1. The smallest absolute Gasteiger partial charge is 0.338 e. The molecule has 3 amide bonds. The fourth-order valence-electron chi connectivity index (χ4n) is 8.24. The monoisotopic (exact) mass is 681 g/mol. The minimum Gasteiger partial charge on any atom is -0.484 e. The Bertz CT molecular complexity index is 1970. The number of carbonyl (C=O) groups is 4. The van der Waals surface area contributed by atoms with Gasteiger partial charge in [-0.2, -0.15) is 0 Å². The van der Waals surface area contributed by atoms with Gasteiger partial charge in [-0.05, 0) is 85.2 Å². The number of benzene rings is 3. The fraction of sp³-hybridized carbons (Fsp3) is 0.306. The molecule has 1 aromatic heterocycles. The first kappa shape index (κ1) is 30.6. The minimum absolute atomic E-state index is 0.0139.